The average molecular weight is 341 g/mol. The number of aromatic nitrogens is 4. The number of thioether (sulfide) groups is 1. The molecule has 10 heteroatoms. The molecule has 1 amide bonds. The van der Waals surface area contributed by atoms with Crippen molar-refractivity contribution < 1.29 is 19.1 Å². The average Bonchev–Trinajstić information content (AvgIpc) is 3.14. The minimum Gasteiger partial charge on any atom is -0.467 e. The molecule has 0 unspecified atom stereocenters. The number of carbonyl (C=O) groups is 2. The number of likely N-dealkylation sites (tertiary alicyclic amines) is 1. The molecule has 9 nitrogen and oxygen atoms in total. The fourth-order valence-electron chi connectivity index (χ4n) is 2.64. The lowest BCUT2D eigenvalue weighted by Crippen LogP contribution is -2.42. The molecule has 0 aromatic carbocycles. The Hall–Kier alpha value is -1.68. The summed E-state index contributed by atoms with van der Waals surface area (Å²) in [4.78, 5) is 25.9. The Morgan fingerprint density at radius 1 is 1.35 bits per heavy atom. The van der Waals surface area contributed by atoms with Gasteiger partial charge in [0.25, 0.3) is 0 Å². The molecule has 1 aliphatic carbocycles. The number of rotatable bonds is 6. The van der Waals surface area contributed by atoms with Gasteiger partial charge in [0.2, 0.25) is 11.1 Å². The highest BCUT2D eigenvalue weighted by atomic mass is 32.2. The van der Waals surface area contributed by atoms with Gasteiger partial charge in [-0.15, -0.1) is 5.10 Å². The monoisotopic (exact) mass is 341 g/mol. The molecule has 0 radical (unpaired) electrons. The molecule has 1 aromatic rings. The van der Waals surface area contributed by atoms with Crippen LogP contribution in [-0.4, -0.2) is 75.6 Å². The van der Waals surface area contributed by atoms with E-state index >= 15 is 0 Å². The van der Waals surface area contributed by atoms with Crippen LogP contribution in [0.25, 0.3) is 0 Å². The molecule has 0 N–H and O–H groups in total. The van der Waals surface area contributed by atoms with Crippen molar-refractivity contribution in [3.63, 3.8) is 0 Å². The van der Waals surface area contributed by atoms with Gasteiger partial charge in [0.05, 0.1) is 25.0 Å². The summed E-state index contributed by atoms with van der Waals surface area (Å²) >= 11 is 1.29. The van der Waals surface area contributed by atoms with Gasteiger partial charge in [-0.3, -0.25) is 4.79 Å². The van der Waals surface area contributed by atoms with Crippen molar-refractivity contribution in [3.05, 3.63) is 0 Å². The van der Waals surface area contributed by atoms with Crippen LogP contribution in [0.3, 0.4) is 0 Å². The molecule has 2 fully saturated rings. The normalized spacial score (nSPS) is 24.0. The van der Waals surface area contributed by atoms with E-state index in [1.807, 2.05) is 0 Å². The molecule has 3 rings (SSSR count). The molecule has 0 spiro atoms. The van der Waals surface area contributed by atoms with Crippen LogP contribution in [0.4, 0.5) is 0 Å². The van der Waals surface area contributed by atoms with E-state index in [1.165, 1.54) is 23.8 Å². The van der Waals surface area contributed by atoms with Gasteiger partial charge in [0.1, 0.15) is 6.04 Å². The molecule has 1 saturated carbocycles. The summed E-state index contributed by atoms with van der Waals surface area (Å²) in [6.45, 7) is 0.392. The molecule has 23 heavy (non-hydrogen) atoms. The van der Waals surface area contributed by atoms with Gasteiger partial charge in [-0.1, -0.05) is 11.8 Å². The molecular weight excluding hydrogens is 322 g/mol. The largest absolute Gasteiger partial charge is 0.467 e. The van der Waals surface area contributed by atoms with Crippen molar-refractivity contribution in [2.24, 2.45) is 0 Å². The molecule has 126 valence electrons. The van der Waals surface area contributed by atoms with Crippen LogP contribution in [-0.2, 0) is 19.1 Å². The molecule has 0 bridgehead atoms. The van der Waals surface area contributed by atoms with Gasteiger partial charge >= 0.3 is 5.97 Å². The van der Waals surface area contributed by atoms with Crippen LogP contribution in [0.5, 0.6) is 0 Å². The van der Waals surface area contributed by atoms with E-state index in [9.17, 15) is 9.59 Å². The van der Waals surface area contributed by atoms with Gasteiger partial charge < -0.3 is 14.4 Å². The van der Waals surface area contributed by atoms with Crippen molar-refractivity contribution in [2.75, 3.05) is 26.5 Å². The van der Waals surface area contributed by atoms with Gasteiger partial charge in [0, 0.05) is 20.1 Å². The van der Waals surface area contributed by atoms with Crippen molar-refractivity contribution in [2.45, 2.75) is 42.6 Å². The lowest BCUT2D eigenvalue weighted by molar-refractivity contribution is -0.150. The summed E-state index contributed by atoms with van der Waals surface area (Å²) in [6.07, 6.45) is 2.45. The van der Waals surface area contributed by atoms with E-state index in [0.29, 0.717) is 24.2 Å². The van der Waals surface area contributed by atoms with Crippen LogP contribution in [0.2, 0.25) is 0 Å². The van der Waals surface area contributed by atoms with E-state index in [0.717, 1.165) is 12.8 Å². The number of hydrogen-bond acceptors (Lipinski definition) is 8. The van der Waals surface area contributed by atoms with Gasteiger partial charge in [-0.05, 0) is 23.3 Å². The third-order valence-corrected chi connectivity index (χ3v) is 4.99. The fourth-order valence-corrected chi connectivity index (χ4v) is 3.47. The van der Waals surface area contributed by atoms with Crippen molar-refractivity contribution in [3.8, 4) is 0 Å². The highest BCUT2D eigenvalue weighted by Gasteiger charge is 2.40. The first-order chi connectivity index (χ1) is 11.1. The van der Waals surface area contributed by atoms with E-state index in [4.69, 9.17) is 9.47 Å². The standard InChI is InChI=1S/C13H19N5O4S/c1-21-9-5-10(12(20)22-2)17(6-9)11(19)7-23-13-14-15-16-18(13)8-3-4-8/h8-10H,3-7H2,1-2H3/t9-,10+/m0/s1. The van der Waals surface area contributed by atoms with E-state index in [2.05, 4.69) is 15.5 Å². The number of hydrogen-bond donors (Lipinski definition) is 0. The zero-order valence-corrected chi connectivity index (χ0v) is 13.9. The minimum absolute atomic E-state index is 0.143. The zero-order chi connectivity index (χ0) is 16.4. The highest BCUT2D eigenvalue weighted by molar-refractivity contribution is 7.99. The molecule has 1 aromatic heterocycles. The van der Waals surface area contributed by atoms with Crippen molar-refractivity contribution >= 4 is 23.6 Å². The smallest absolute Gasteiger partial charge is 0.328 e. The Labute approximate surface area is 137 Å². The van der Waals surface area contributed by atoms with Crippen LogP contribution in [0.15, 0.2) is 5.16 Å². The predicted octanol–water partition coefficient (Wildman–Crippen LogP) is -0.111. The van der Waals surface area contributed by atoms with Crippen molar-refractivity contribution in [1.82, 2.24) is 25.1 Å². The quantitative estimate of drug-likeness (QED) is 0.522. The molecular formula is C13H19N5O4S. The maximum absolute atomic E-state index is 12.5. The second-order valence-corrected chi connectivity index (χ2v) is 6.55. The first-order valence-electron chi connectivity index (χ1n) is 7.44. The summed E-state index contributed by atoms with van der Waals surface area (Å²) in [5, 5.41) is 12.2. The predicted molar refractivity (Wildman–Crippen MR) is 79.7 cm³/mol. The SMILES string of the molecule is COC(=O)[C@H]1C[C@H](OC)CN1C(=O)CSc1nnnn1C1CC1. The lowest BCUT2D eigenvalue weighted by Gasteiger charge is -2.22. The number of esters is 1. The highest BCUT2D eigenvalue weighted by Crippen LogP contribution is 2.36. The minimum atomic E-state index is -0.586. The number of amides is 1. The first kappa shape index (κ1) is 16.2. The lowest BCUT2D eigenvalue weighted by atomic mass is 10.2. The van der Waals surface area contributed by atoms with Gasteiger partial charge in [0.15, 0.2) is 0 Å². The summed E-state index contributed by atoms with van der Waals surface area (Å²) in [5.74, 6) is -0.377. The maximum atomic E-state index is 12.5. The summed E-state index contributed by atoms with van der Waals surface area (Å²) in [6, 6.07) is -0.229. The van der Waals surface area contributed by atoms with E-state index < -0.39 is 12.0 Å². The second kappa shape index (κ2) is 6.83. The zero-order valence-electron chi connectivity index (χ0n) is 13.0. The number of nitrogens with zero attached hydrogens (tertiary/aromatic N) is 5. The molecule has 1 aliphatic heterocycles. The molecule has 1 saturated heterocycles. The number of methoxy groups -OCH3 is 2. The first-order valence-corrected chi connectivity index (χ1v) is 8.43. The molecule has 2 heterocycles. The van der Waals surface area contributed by atoms with Gasteiger partial charge in [-0.2, -0.15) is 0 Å². The van der Waals surface area contributed by atoms with E-state index in [1.54, 1.807) is 11.8 Å². The molecule has 2 aliphatic rings. The van der Waals surface area contributed by atoms with Crippen LogP contribution in [0.1, 0.15) is 25.3 Å². The van der Waals surface area contributed by atoms with Crippen LogP contribution in [0, 0.1) is 0 Å². The van der Waals surface area contributed by atoms with Crippen LogP contribution < -0.4 is 0 Å². The summed E-state index contributed by atoms with van der Waals surface area (Å²) in [7, 11) is 2.90. The van der Waals surface area contributed by atoms with E-state index in [-0.39, 0.29) is 17.8 Å². The topological polar surface area (TPSA) is 99.4 Å². The van der Waals surface area contributed by atoms with Crippen molar-refractivity contribution in [1.29, 1.82) is 0 Å². The third-order valence-electron chi connectivity index (χ3n) is 4.07. The fraction of sp³-hybridized carbons (Fsp3) is 0.769. The Bertz CT molecular complexity index is 591. The third kappa shape index (κ3) is 3.47. The number of carbonyl (C=O) groups excluding carboxylic acids is 2. The van der Waals surface area contributed by atoms with Gasteiger partial charge in [-0.25, -0.2) is 9.48 Å². The number of ether oxygens (including phenoxy) is 2. The Balaban J connectivity index is 1.61. The Morgan fingerprint density at radius 3 is 2.78 bits per heavy atom. The summed E-state index contributed by atoms with van der Waals surface area (Å²) < 4.78 is 11.8. The Kier molecular flexibility index (Phi) is 4.81. The Morgan fingerprint density at radius 2 is 2.13 bits per heavy atom. The van der Waals surface area contributed by atoms with Crippen LogP contribution >= 0.6 is 11.8 Å². The number of tetrazole rings is 1. The second-order valence-electron chi connectivity index (χ2n) is 5.60. The summed E-state index contributed by atoms with van der Waals surface area (Å²) in [5.41, 5.74) is 0. The maximum Gasteiger partial charge on any atom is 0.328 e. The molecule has 2 atom stereocenters.